The van der Waals surface area contributed by atoms with Gasteiger partial charge in [0.2, 0.25) is 5.91 Å². The van der Waals surface area contributed by atoms with Crippen molar-refractivity contribution in [1.29, 1.82) is 0 Å². The predicted octanol–water partition coefficient (Wildman–Crippen LogP) is 1.49. The average molecular weight is 152 g/mol. The zero-order chi connectivity index (χ0) is 8.43. The van der Waals surface area contributed by atoms with Gasteiger partial charge in [-0.25, -0.2) is 4.68 Å². The number of rotatable bonds is 1. The highest BCUT2D eigenvalue weighted by Gasteiger charge is 2.09. The van der Waals surface area contributed by atoms with Crippen LogP contribution in [-0.4, -0.2) is 15.7 Å². The van der Waals surface area contributed by atoms with Crippen LogP contribution in [0.2, 0.25) is 0 Å². The Labute approximate surface area is 66.0 Å². The lowest BCUT2D eigenvalue weighted by Gasteiger charge is -2.01. The van der Waals surface area contributed by atoms with Crippen LogP contribution in [0, 0.1) is 12.8 Å². The minimum absolute atomic E-state index is 0.00861. The Hall–Kier alpha value is -1.12. The quantitative estimate of drug-likeness (QED) is 0.611. The fourth-order valence-corrected chi connectivity index (χ4v) is 0.798. The second-order valence-electron chi connectivity index (χ2n) is 2.96. The zero-order valence-electron chi connectivity index (χ0n) is 7.03. The molecule has 0 atom stereocenters. The minimum atomic E-state index is 0.00861. The van der Waals surface area contributed by atoms with Crippen LogP contribution in [0.3, 0.4) is 0 Å². The summed E-state index contributed by atoms with van der Waals surface area (Å²) in [7, 11) is 0. The molecule has 0 saturated heterocycles. The minimum Gasteiger partial charge on any atom is -0.272 e. The first-order chi connectivity index (χ1) is 5.11. The van der Waals surface area contributed by atoms with Gasteiger partial charge in [-0.1, -0.05) is 13.8 Å². The van der Waals surface area contributed by atoms with Crippen LogP contribution in [0.25, 0.3) is 0 Å². The molecule has 0 bridgehead atoms. The smallest absolute Gasteiger partial charge is 0.249 e. The fourth-order valence-electron chi connectivity index (χ4n) is 0.798. The molecule has 0 amide bonds. The van der Waals surface area contributed by atoms with Gasteiger partial charge in [0.25, 0.3) is 0 Å². The van der Waals surface area contributed by atoms with Gasteiger partial charge >= 0.3 is 0 Å². The summed E-state index contributed by atoms with van der Waals surface area (Å²) in [5, 5.41) is 3.90. The van der Waals surface area contributed by atoms with E-state index in [2.05, 4.69) is 5.10 Å². The van der Waals surface area contributed by atoms with Gasteiger partial charge in [-0.05, 0) is 12.5 Å². The van der Waals surface area contributed by atoms with Crippen LogP contribution in [0.5, 0.6) is 0 Å². The van der Waals surface area contributed by atoms with Crippen molar-refractivity contribution in [3.63, 3.8) is 0 Å². The standard InChI is InChI=1S/C8H12N2O/c1-6(2)8(11)10-5-7(3)4-9-10/h4-6H,1-3H3. The third-order valence-electron chi connectivity index (χ3n) is 1.43. The van der Waals surface area contributed by atoms with Crippen LogP contribution in [-0.2, 0) is 0 Å². The van der Waals surface area contributed by atoms with E-state index in [1.165, 1.54) is 4.68 Å². The second kappa shape index (κ2) is 2.86. The zero-order valence-corrected chi connectivity index (χ0v) is 7.03. The molecule has 0 spiro atoms. The summed E-state index contributed by atoms with van der Waals surface area (Å²) in [6.45, 7) is 5.63. The summed E-state index contributed by atoms with van der Waals surface area (Å²) in [5.41, 5.74) is 1.01. The molecule has 0 aromatic carbocycles. The third kappa shape index (κ3) is 1.67. The lowest BCUT2D eigenvalue weighted by Crippen LogP contribution is -2.16. The number of hydrogen-bond acceptors (Lipinski definition) is 2. The van der Waals surface area contributed by atoms with E-state index in [4.69, 9.17) is 0 Å². The first kappa shape index (κ1) is 7.98. The van der Waals surface area contributed by atoms with Gasteiger partial charge in [-0.2, -0.15) is 5.10 Å². The van der Waals surface area contributed by atoms with Gasteiger partial charge in [0.15, 0.2) is 0 Å². The molecule has 3 nitrogen and oxygen atoms in total. The van der Waals surface area contributed by atoms with Gasteiger partial charge in [-0.15, -0.1) is 0 Å². The molecule has 0 radical (unpaired) electrons. The Balaban J connectivity index is 2.85. The summed E-state index contributed by atoms with van der Waals surface area (Å²) >= 11 is 0. The Morgan fingerprint density at radius 2 is 2.27 bits per heavy atom. The number of nitrogens with zero attached hydrogens (tertiary/aromatic N) is 2. The monoisotopic (exact) mass is 152 g/mol. The Kier molecular flexibility index (Phi) is 2.08. The topological polar surface area (TPSA) is 34.9 Å². The lowest BCUT2D eigenvalue weighted by atomic mass is 10.2. The highest BCUT2D eigenvalue weighted by Crippen LogP contribution is 2.00. The molecule has 0 aliphatic carbocycles. The molecule has 1 aromatic rings. The second-order valence-corrected chi connectivity index (χ2v) is 2.96. The number of carbonyl (C=O) groups is 1. The van der Waals surface area contributed by atoms with Crippen LogP contribution in [0.15, 0.2) is 12.4 Å². The lowest BCUT2D eigenvalue weighted by molar-refractivity contribution is 0.0838. The van der Waals surface area contributed by atoms with Crippen LogP contribution in [0.1, 0.15) is 24.2 Å². The SMILES string of the molecule is Cc1cnn(C(=O)C(C)C)c1. The third-order valence-corrected chi connectivity index (χ3v) is 1.43. The molecule has 1 heterocycles. The van der Waals surface area contributed by atoms with E-state index in [1.54, 1.807) is 12.4 Å². The number of aromatic nitrogens is 2. The molecule has 1 aromatic heterocycles. The van der Waals surface area contributed by atoms with Gasteiger partial charge in [-0.3, -0.25) is 4.79 Å². The Morgan fingerprint density at radius 3 is 2.64 bits per heavy atom. The van der Waals surface area contributed by atoms with Crippen molar-refractivity contribution in [2.24, 2.45) is 5.92 Å². The van der Waals surface area contributed by atoms with Crippen LogP contribution in [0.4, 0.5) is 0 Å². The van der Waals surface area contributed by atoms with Crippen molar-refractivity contribution in [2.75, 3.05) is 0 Å². The van der Waals surface area contributed by atoms with Gasteiger partial charge in [0.1, 0.15) is 0 Å². The van der Waals surface area contributed by atoms with Crippen molar-refractivity contribution >= 4 is 5.91 Å². The van der Waals surface area contributed by atoms with Crippen molar-refractivity contribution in [3.8, 4) is 0 Å². The highest BCUT2D eigenvalue weighted by atomic mass is 16.2. The first-order valence-corrected chi connectivity index (χ1v) is 3.66. The fraction of sp³-hybridized carbons (Fsp3) is 0.500. The molecule has 0 aliphatic heterocycles. The van der Waals surface area contributed by atoms with E-state index in [9.17, 15) is 4.79 Å². The molecule has 1 rings (SSSR count). The maximum Gasteiger partial charge on any atom is 0.249 e. The molecule has 11 heavy (non-hydrogen) atoms. The first-order valence-electron chi connectivity index (χ1n) is 3.66. The average Bonchev–Trinajstić information content (AvgIpc) is 2.34. The number of carbonyl (C=O) groups excluding carboxylic acids is 1. The molecule has 0 unspecified atom stereocenters. The van der Waals surface area contributed by atoms with E-state index < -0.39 is 0 Å². The number of aryl methyl sites for hydroxylation is 1. The van der Waals surface area contributed by atoms with Crippen molar-refractivity contribution in [3.05, 3.63) is 18.0 Å². The normalized spacial score (nSPS) is 10.5. The van der Waals surface area contributed by atoms with Crippen molar-refractivity contribution in [2.45, 2.75) is 20.8 Å². The van der Waals surface area contributed by atoms with E-state index in [-0.39, 0.29) is 11.8 Å². The summed E-state index contributed by atoms with van der Waals surface area (Å²) in [6, 6.07) is 0. The van der Waals surface area contributed by atoms with Crippen LogP contribution < -0.4 is 0 Å². The van der Waals surface area contributed by atoms with Crippen LogP contribution >= 0.6 is 0 Å². The van der Waals surface area contributed by atoms with E-state index in [1.807, 2.05) is 20.8 Å². The van der Waals surface area contributed by atoms with E-state index >= 15 is 0 Å². The summed E-state index contributed by atoms with van der Waals surface area (Å²) < 4.78 is 1.39. The highest BCUT2D eigenvalue weighted by molar-refractivity contribution is 5.79. The molecular formula is C8H12N2O. The van der Waals surface area contributed by atoms with E-state index in [0.717, 1.165) is 5.56 Å². The molecule has 60 valence electrons. The summed E-state index contributed by atoms with van der Waals surface area (Å²) in [4.78, 5) is 11.3. The summed E-state index contributed by atoms with van der Waals surface area (Å²) in [6.07, 6.45) is 3.42. The Morgan fingerprint density at radius 1 is 1.64 bits per heavy atom. The molecule has 0 N–H and O–H groups in total. The van der Waals surface area contributed by atoms with Gasteiger partial charge in [0.05, 0.1) is 6.20 Å². The van der Waals surface area contributed by atoms with Gasteiger partial charge in [0, 0.05) is 12.1 Å². The van der Waals surface area contributed by atoms with E-state index in [0.29, 0.717) is 0 Å². The molecule has 3 heteroatoms. The Bertz CT molecular complexity index is 263. The maximum atomic E-state index is 11.3. The number of hydrogen-bond donors (Lipinski definition) is 0. The van der Waals surface area contributed by atoms with Crippen molar-refractivity contribution in [1.82, 2.24) is 9.78 Å². The van der Waals surface area contributed by atoms with Gasteiger partial charge < -0.3 is 0 Å². The summed E-state index contributed by atoms with van der Waals surface area (Å²) in [5.74, 6) is 0.0485. The molecule has 0 fully saturated rings. The van der Waals surface area contributed by atoms with Crippen molar-refractivity contribution < 1.29 is 4.79 Å². The predicted molar refractivity (Wildman–Crippen MR) is 42.4 cm³/mol. The molecule has 0 saturated carbocycles. The molecule has 0 aliphatic rings. The maximum absolute atomic E-state index is 11.3. The molecular weight excluding hydrogens is 140 g/mol. The largest absolute Gasteiger partial charge is 0.272 e.